The number of nitrogens with zero attached hydrogens (tertiary/aromatic N) is 3. The highest BCUT2D eigenvalue weighted by Gasteiger charge is 2.19. The molecular formula is C15H12ClFN4O2S. The van der Waals surface area contributed by atoms with Crippen molar-refractivity contribution in [2.45, 2.75) is 11.4 Å². The van der Waals surface area contributed by atoms with Crippen LogP contribution in [0.15, 0.2) is 59.9 Å². The van der Waals surface area contributed by atoms with Crippen molar-refractivity contribution in [1.29, 1.82) is 0 Å². The predicted molar refractivity (Wildman–Crippen MR) is 86.8 cm³/mol. The molecule has 9 heteroatoms. The van der Waals surface area contributed by atoms with E-state index in [1.165, 1.54) is 6.07 Å². The fraction of sp³-hybridized carbons (Fsp3) is 0.0667. The number of sulfonamides is 1. The van der Waals surface area contributed by atoms with Crippen LogP contribution in [0, 0.1) is 5.82 Å². The highest BCUT2D eigenvalue weighted by atomic mass is 35.5. The molecule has 3 rings (SSSR count). The second kappa shape index (κ2) is 6.68. The Hall–Kier alpha value is -2.29. The van der Waals surface area contributed by atoms with Gasteiger partial charge in [-0.1, -0.05) is 11.6 Å². The zero-order valence-corrected chi connectivity index (χ0v) is 13.8. The lowest BCUT2D eigenvalue weighted by Crippen LogP contribution is -2.24. The molecule has 0 aliphatic rings. The van der Waals surface area contributed by atoms with E-state index in [0.29, 0.717) is 11.4 Å². The molecule has 0 unspecified atom stereocenters. The van der Waals surface area contributed by atoms with E-state index in [4.69, 9.17) is 11.6 Å². The van der Waals surface area contributed by atoms with Crippen molar-refractivity contribution >= 4 is 21.6 Å². The molecule has 124 valence electrons. The Kier molecular flexibility index (Phi) is 4.61. The molecule has 0 radical (unpaired) electrons. The monoisotopic (exact) mass is 366 g/mol. The van der Waals surface area contributed by atoms with Gasteiger partial charge in [-0.3, -0.25) is 0 Å². The van der Waals surface area contributed by atoms with E-state index in [-0.39, 0.29) is 11.6 Å². The van der Waals surface area contributed by atoms with Crippen molar-refractivity contribution in [2.24, 2.45) is 0 Å². The molecule has 24 heavy (non-hydrogen) atoms. The van der Waals surface area contributed by atoms with E-state index in [0.717, 1.165) is 12.1 Å². The molecule has 0 amide bonds. The number of aromatic nitrogens is 3. The average Bonchev–Trinajstić information content (AvgIpc) is 3.07. The molecule has 0 spiro atoms. The van der Waals surface area contributed by atoms with Crippen molar-refractivity contribution in [3.05, 3.63) is 71.4 Å². The summed E-state index contributed by atoms with van der Waals surface area (Å²) in [5.74, 6) is -0.351. The summed E-state index contributed by atoms with van der Waals surface area (Å²) in [5.41, 5.74) is 0.661. The van der Waals surface area contributed by atoms with E-state index in [9.17, 15) is 12.8 Å². The maximum Gasteiger partial charge on any atom is 0.243 e. The number of nitrogens with one attached hydrogen (secondary N) is 1. The molecule has 2 heterocycles. The fourth-order valence-electron chi connectivity index (χ4n) is 2.05. The fourth-order valence-corrected chi connectivity index (χ4v) is 3.28. The van der Waals surface area contributed by atoms with Gasteiger partial charge < -0.3 is 0 Å². The van der Waals surface area contributed by atoms with Crippen molar-refractivity contribution in [3.8, 4) is 5.82 Å². The molecule has 0 aliphatic heterocycles. The number of halogens is 2. The Labute approximate surface area is 143 Å². The first-order valence-electron chi connectivity index (χ1n) is 6.85. The molecular weight excluding hydrogens is 355 g/mol. The van der Waals surface area contributed by atoms with Gasteiger partial charge >= 0.3 is 0 Å². The summed E-state index contributed by atoms with van der Waals surface area (Å²) >= 11 is 5.64. The first-order chi connectivity index (χ1) is 11.5. The van der Waals surface area contributed by atoms with Crippen molar-refractivity contribution < 1.29 is 12.8 Å². The van der Waals surface area contributed by atoms with Crippen LogP contribution >= 0.6 is 11.6 Å². The van der Waals surface area contributed by atoms with Crippen LogP contribution in [0.1, 0.15) is 5.56 Å². The third-order valence-corrected chi connectivity index (χ3v) is 4.87. The van der Waals surface area contributed by atoms with Gasteiger partial charge in [-0.2, -0.15) is 5.10 Å². The molecule has 0 fully saturated rings. The summed E-state index contributed by atoms with van der Waals surface area (Å²) in [6.07, 6.45) is 4.88. The second-order valence-corrected chi connectivity index (χ2v) is 7.04. The van der Waals surface area contributed by atoms with Gasteiger partial charge in [0, 0.05) is 30.2 Å². The van der Waals surface area contributed by atoms with E-state index in [2.05, 4.69) is 14.8 Å². The molecule has 1 N–H and O–H groups in total. The van der Waals surface area contributed by atoms with Gasteiger partial charge in [-0.15, -0.1) is 0 Å². The normalized spacial score (nSPS) is 11.6. The lowest BCUT2D eigenvalue weighted by atomic mass is 10.2. The zero-order chi connectivity index (χ0) is 17.2. The van der Waals surface area contributed by atoms with Gasteiger partial charge in [-0.25, -0.2) is 27.2 Å². The molecule has 0 saturated heterocycles. The number of benzene rings is 1. The molecule has 6 nitrogen and oxygen atoms in total. The minimum absolute atomic E-state index is 0.0127. The largest absolute Gasteiger partial charge is 0.243 e. The highest BCUT2D eigenvalue weighted by molar-refractivity contribution is 7.89. The Balaban J connectivity index is 1.79. The molecule has 0 atom stereocenters. The average molecular weight is 367 g/mol. The van der Waals surface area contributed by atoms with Crippen LogP contribution in [0.2, 0.25) is 5.02 Å². The number of hydrogen-bond acceptors (Lipinski definition) is 4. The van der Waals surface area contributed by atoms with Crippen molar-refractivity contribution in [3.63, 3.8) is 0 Å². The van der Waals surface area contributed by atoms with Crippen LogP contribution in [0.25, 0.3) is 5.82 Å². The highest BCUT2D eigenvalue weighted by Crippen LogP contribution is 2.19. The third-order valence-electron chi connectivity index (χ3n) is 3.20. The molecule has 0 bridgehead atoms. The summed E-state index contributed by atoms with van der Waals surface area (Å²) < 4.78 is 42.2. The Bertz CT molecular complexity index is 961. The van der Waals surface area contributed by atoms with Crippen LogP contribution in [0.3, 0.4) is 0 Å². The van der Waals surface area contributed by atoms with Gasteiger partial charge in [0.15, 0.2) is 5.82 Å². The first-order valence-corrected chi connectivity index (χ1v) is 8.71. The van der Waals surface area contributed by atoms with Crippen LogP contribution < -0.4 is 4.72 Å². The first kappa shape index (κ1) is 16.6. The van der Waals surface area contributed by atoms with Gasteiger partial charge in [0.2, 0.25) is 10.0 Å². The van der Waals surface area contributed by atoms with Crippen LogP contribution in [-0.2, 0) is 16.6 Å². The smallest absolute Gasteiger partial charge is 0.237 e. The summed E-state index contributed by atoms with van der Waals surface area (Å²) in [6, 6.07) is 8.50. The summed E-state index contributed by atoms with van der Waals surface area (Å²) in [5, 5.41) is 4.19. The summed E-state index contributed by atoms with van der Waals surface area (Å²) in [6.45, 7) is -0.0127. The minimum atomic E-state index is -4.00. The van der Waals surface area contributed by atoms with E-state index in [1.807, 2.05) is 0 Å². The van der Waals surface area contributed by atoms with Gasteiger partial charge in [0.05, 0.1) is 0 Å². The molecule has 1 aromatic carbocycles. The van der Waals surface area contributed by atoms with Gasteiger partial charge in [-0.05, 0) is 42.0 Å². The van der Waals surface area contributed by atoms with Gasteiger partial charge in [0.1, 0.15) is 10.7 Å². The topological polar surface area (TPSA) is 76.9 Å². The summed E-state index contributed by atoms with van der Waals surface area (Å²) in [4.78, 5) is 3.71. The number of pyridine rings is 1. The third kappa shape index (κ3) is 3.61. The zero-order valence-electron chi connectivity index (χ0n) is 12.2. The van der Waals surface area contributed by atoms with Gasteiger partial charge in [0.25, 0.3) is 0 Å². The molecule has 0 aliphatic carbocycles. The molecule has 2 aromatic heterocycles. The van der Waals surface area contributed by atoms with E-state index >= 15 is 0 Å². The second-order valence-electron chi connectivity index (χ2n) is 4.87. The van der Waals surface area contributed by atoms with Crippen LogP contribution in [0.4, 0.5) is 4.39 Å². The van der Waals surface area contributed by atoms with Crippen molar-refractivity contribution in [2.75, 3.05) is 0 Å². The van der Waals surface area contributed by atoms with Crippen LogP contribution in [-0.4, -0.2) is 23.2 Å². The number of rotatable bonds is 5. The Morgan fingerprint density at radius 1 is 1.21 bits per heavy atom. The van der Waals surface area contributed by atoms with Crippen LogP contribution in [0.5, 0.6) is 0 Å². The summed E-state index contributed by atoms with van der Waals surface area (Å²) in [7, 11) is -4.00. The Morgan fingerprint density at radius 3 is 2.75 bits per heavy atom. The maximum atomic E-state index is 13.8. The number of hydrogen-bond donors (Lipinski definition) is 1. The lowest BCUT2D eigenvalue weighted by Gasteiger charge is -2.09. The molecule has 3 aromatic rings. The predicted octanol–water partition coefficient (Wildman–Crippen LogP) is 2.54. The van der Waals surface area contributed by atoms with Crippen molar-refractivity contribution in [1.82, 2.24) is 19.5 Å². The maximum absolute atomic E-state index is 13.8. The van der Waals surface area contributed by atoms with E-state index in [1.54, 1.807) is 41.5 Å². The standard InChI is InChI=1S/C15H12ClFN4O2S/c16-12-2-3-14(13(17)9-12)24(22,23)20-10-11-4-6-18-15(8-11)21-7-1-5-19-21/h1-9,20H,10H2. The van der Waals surface area contributed by atoms with E-state index < -0.39 is 20.7 Å². The Morgan fingerprint density at radius 2 is 2.04 bits per heavy atom. The molecule has 0 saturated carbocycles. The minimum Gasteiger partial charge on any atom is -0.237 e. The lowest BCUT2D eigenvalue weighted by molar-refractivity contribution is 0.557. The SMILES string of the molecule is O=S(=O)(NCc1ccnc(-n2cccn2)c1)c1ccc(Cl)cc1F. The quantitative estimate of drug-likeness (QED) is 0.752.